The molecule has 0 spiro atoms. The molecule has 0 aliphatic heterocycles. The van der Waals surface area contributed by atoms with Crippen molar-refractivity contribution in [3.63, 3.8) is 0 Å². The molecule has 20 heavy (non-hydrogen) atoms. The summed E-state index contributed by atoms with van der Waals surface area (Å²) in [7, 11) is -2.61. The van der Waals surface area contributed by atoms with E-state index in [0.29, 0.717) is 18.0 Å². The molecule has 0 bridgehead atoms. The Morgan fingerprint density at radius 3 is 2.40 bits per heavy atom. The number of nitrogens with zero attached hydrogens (tertiary/aromatic N) is 3. The van der Waals surface area contributed by atoms with Crippen molar-refractivity contribution in [1.29, 1.82) is 0 Å². The van der Waals surface area contributed by atoms with Crippen LogP contribution in [0.1, 0.15) is 5.82 Å². The number of benzene rings is 1. The molecule has 0 aliphatic rings. The number of rotatable bonds is 4. The molecule has 2 rings (SSSR count). The number of primary sulfonamides is 1. The predicted molar refractivity (Wildman–Crippen MR) is 63.1 cm³/mol. The minimum Gasteiger partial charge on any atom is -0.479 e. The third kappa shape index (κ3) is 2.91. The van der Waals surface area contributed by atoms with Gasteiger partial charge in [-0.1, -0.05) is 0 Å². The number of halogens is 2. The van der Waals surface area contributed by atoms with Crippen LogP contribution in [0.4, 0.5) is 8.78 Å². The maximum Gasteiger partial charge on any atom is 0.238 e. The largest absolute Gasteiger partial charge is 0.479 e. The number of aromatic nitrogens is 3. The lowest BCUT2D eigenvalue weighted by molar-refractivity contribution is 0.260. The average molecular weight is 304 g/mol. The first-order valence-electron chi connectivity index (χ1n) is 5.26. The minimum atomic E-state index is -4.19. The summed E-state index contributed by atoms with van der Waals surface area (Å²) in [6, 6.07) is 1.18. The van der Waals surface area contributed by atoms with E-state index in [1.807, 2.05) is 0 Å². The molecular weight excluding hydrogens is 294 g/mol. The first kappa shape index (κ1) is 14.3. The van der Waals surface area contributed by atoms with Crippen LogP contribution in [0.15, 0.2) is 23.4 Å². The number of hydrogen-bond acceptors (Lipinski definition) is 5. The third-order valence-corrected chi connectivity index (χ3v) is 3.34. The number of nitrogens with two attached hydrogens (primary N) is 1. The van der Waals surface area contributed by atoms with Crippen molar-refractivity contribution in [2.24, 2.45) is 12.2 Å². The molecule has 2 N–H and O–H groups in total. The van der Waals surface area contributed by atoms with E-state index in [9.17, 15) is 17.2 Å². The molecule has 0 atom stereocenters. The van der Waals surface area contributed by atoms with Crippen molar-refractivity contribution in [2.75, 3.05) is 0 Å². The highest BCUT2D eigenvalue weighted by Crippen LogP contribution is 2.25. The summed E-state index contributed by atoms with van der Waals surface area (Å²) in [4.78, 5) is 3.15. The Kier molecular flexibility index (Phi) is 3.68. The van der Waals surface area contributed by atoms with Crippen LogP contribution >= 0.6 is 0 Å². The number of sulfonamides is 1. The van der Waals surface area contributed by atoms with Crippen LogP contribution in [-0.4, -0.2) is 23.2 Å². The van der Waals surface area contributed by atoms with Crippen LogP contribution in [0.2, 0.25) is 0 Å². The highest BCUT2D eigenvalue weighted by molar-refractivity contribution is 7.89. The SMILES string of the molecule is Cn1ncnc1COc1c(F)cc(S(N)(=O)=O)cc1F. The van der Waals surface area contributed by atoms with Gasteiger partial charge in [0.05, 0.1) is 4.90 Å². The highest BCUT2D eigenvalue weighted by atomic mass is 32.2. The normalized spacial score (nSPS) is 11.6. The molecule has 0 amide bonds. The summed E-state index contributed by atoms with van der Waals surface area (Å²) in [5, 5.41) is 8.55. The first-order valence-corrected chi connectivity index (χ1v) is 6.81. The molecule has 0 aliphatic carbocycles. The van der Waals surface area contributed by atoms with Crippen molar-refractivity contribution in [1.82, 2.24) is 14.8 Å². The maximum absolute atomic E-state index is 13.6. The lowest BCUT2D eigenvalue weighted by Gasteiger charge is -2.09. The smallest absolute Gasteiger partial charge is 0.238 e. The van der Waals surface area contributed by atoms with E-state index in [4.69, 9.17) is 9.88 Å². The van der Waals surface area contributed by atoms with Gasteiger partial charge >= 0.3 is 0 Å². The van der Waals surface area contributed by atoms with Crippen molar-refractivity contribution >= 4 is 10.0 Å². The number of hydrogen-bond donors (Lipinski definition) is 1. The maximum atomic E-state index is 13.6. The minimum absolute atomic E-state index is 0.223. The second kappa shape index (κ2) is 5.13. The van der Waals surface area contributed by atoms with Gasteiger partial charge in [0.15, 0.2) is 23.2 Å². The number of aryl methyl sites for hydroxylation is 1. The van der Waals surface area contributed by atoms with Crippen molar-refractivity contribution in [3.8, 4) is 5.75 Å². The monoisotopic (exact) mass is 304 g/mol. The van der Waals surface area contributed by atoms with E-state index in [2.05, 4.69) is 10.1 Å². The van der Waals surface area contributed by atoms with Gasteiger partial charge in [-0.3, -0.25) is 4.68 Å². The molecule has 108 valence electrons. The topological polar surface area (TPSA) is 100 Å². The molecule has 10 heteroatoms. The van der Waals surface area contributed by atoms with E-state index in [0.717, 1.165) is 0 Å². The molecule has 0 saturated heterocycles. The summed E-state index contributed by atoms with van der Waals surface area (Å²) < 4.78 is 55.6. The molecule has 1 aromatic heterocycles. The van der Waals surface area contributed by atoms with Gasteiger partial charge in [0.2, 0.25) is 10.0 Å². The fourth-order valence-corrected chi connectivity index (χ4v) is 1.96. The zero-order chi connectivity index (χ0) is 14.9. The molecule has 0 saturated carbocycles. The van der Waals surface area contributed by atoms with Crippen molar-refractivity contribution in [3.05, 3.63) is 35.9 Å². The predicted octanol–water partition coefficient (Wildman–Crippen LogP) is 0.320. The Labute approximate surface area is 113 Å². The van der Waals surface area contributed by atoms with Crippen LogP contribution < -0.4 is 9.88 Å². The van der Waals surface area contributed by atoms with Gasteiger partial charge in [-0.25, -0.2) is 27.3 Å². The van der Waals surface area contributed by atoms with Gasteiger partial charge in [0.25, 0.3) is 0 Å². The molecule has 0 fully saturated rings. The van der Waals surface area contributed by atoms with Gasteiger partial charge in [0, 0.05) is 7.05 Å². The Morgan fingerprint density at radius 1 is 1.35 bits per heavy atom. The molecule has 1 heterocycles. The molecule has 0 radical (unpaired) electrons. The molecule has 1 aromatic carbocycles. The van der Waals surface area contributed by atoms with E-state index >= 15 is 0 Å². The Bertz CT molecular complexity index is 722. The summed E-state index contributed by atoms with van der Waals surface area (Å²) >= 11 is 0. The van der Waals surface area contributed by atoms with Gasteiger partial charge in [-0.15, -0.1) is 0 Å². The van der Waals surface area contributed by atoms with Crippen LogP contribution in [0, 0.1) is 11.6 Å². The first-order chi connectivity index (χ1) is 9.29. The van der Waals surface area contributed by atoms with Gasteiger partial charge in [-0.2, -0.15) is 5.10 Å². The van der Waals surface area contributed by atoms with Crippen LogP contribution in [-0.2, 0) is 23.7 Å². The summed E-state index contributed by atoms with van der Waals surface area (Å²) in [5.41, 5.74) is 0. The summed E-state index contributed by atoms with van der Waals surface area (Å²) in [5.74, 6) is -2.70. The van der Waals surface area contributed by atoms with Crippen molar-refractivity contribution in [2.45, 2.75) is 11.5 Å². The fourth-order valence-electron chi connectivity index (χ4n) is 1.43. The zero-order valence-corrected chi connectivity index (χ0v) is 11.1. The average Bonchev–Trinajstić information content (AvgIpc) is 2.72. The second-order valence-electron chi connectivity index (χ2n) is 3.85. The van der Waals surface area contributed by atoms with E-state index in [1.165, 1.54) is 11.0 Å². The molecule has 2 aromatic rings. The Balaban J connectivity index is 2.27. The second-order valence-corrected chi connectivity index (χ2v) is 5.41. The summed E-state index contributed by atoms with van der Waals surface area (Å²) in [6.45, 7) is -0.223. The quantitative estimate of drug-likeness (QED) is 0.876. The standard InChI is InChI=1S/C10H10F2N4O3S/c1-16-9(14-5-15-16)4-19-10-7(11)2-6(3-8(10)12)20(13,17)18/h2-3,5H,4H2,1H3,(H2,13,17,18). The van der Waals surface area contributed by atoms with Gasteiger partial charge in [0.1, 0.15) is 12.9 Å². The molecule has 0 unspecified atom stereocenters. The van der Waals surface area contributed by atoms with E-state index < -0.39 is 32.3 Å². The lowest BCUT2D eigenvalue weighted by atomic mass is 10.3. The Morgan fingerprint density at radius 2 is 1.95 bits per heavy atom. The van der Waals surface area contributed by atoms with Gasteiger partial charge < -0.3 is 4.74 Å². The number of ether oxygens (including phenoxy) is 1. The summed E-state index contributed by atoms with van der Waals surface area (Å²) in [6.07, 6.45) is 1.26. The van der Waals surface area contributed by atoms with Crippen molar-refractivity contribution < 1.29 is 21.9 Å². The zero-order valence-electron chi connectivity index (χ0n) is 10.2. The lowest BCUT2D eigenvalue weighted by Crippen LogP contribution is -2.13. The van der Waals surface area contributed by atoms with Crippen LogP contribution in [0.25, 0.3) is 0 Å². The highest BCUT2D eigenvalue weighted by Gasteiger charge is 2.18. The molecule has 7 nitrogen and oxygen atoms in total. The third-order valence-electron chi connectivity index (χ3n) is 2.45. The molecular formula is C10H10F2N4O3S. The fraction of sp³-hybridized carbons (Fsp3) is 0.200. The van der Waals surface area contributed by atoms with Gasteiger partial charge in [-0.05, 0) is 12.1 Å². The van der Waals surface area contributed by atoms with Crippen LogP contribution in [0.3, 0.4) is 0 Å². The Hall–Kier alpha value is -2.07. The van der Waals surface area contributed by atoms with Crippen LogP contribution in [0.5, 0.6) is 5.75 Å². The van der Waals surface area contributed by atoms with E-state index in [-0.39, 0.29) is 6.61 Å². The van der Waals surface area contributed by atoms with E-state index in [1.54, 1.807) is 7.05 Å².